The third-order valence-corrected chi connectivity index (χ3v) is 5.01. The molecule has 1 aliphatic carbocycles. The fourth-order valence-corrected chi connectivity index (χ4v) is 3.49. The van der Waals surface area contributed by atoms with Gasteiger partial charge in [0.05, 0.1) is 36.0 Å². The second-order valence-corrected chi connectivity index (χ2v) is 6.76. The lowest BCUT2D eigenvalue weighted by atomic mass is 9.90. The zero-order valence-electron chi connectivity index (χ0n) is 14.5. The summed E-state index contributed by atoms with van der Waals surface area (Å²) in [6, 6.07) is 10.2. The van der Waals surface area contributed by atoms with Gasteiger partial charge in [0.2, 0.25) is 0 Å². The van der Waals surface area contributed by atoms with Crippen LogP contribution in [0.3, 0.4) is 0 Å². The average molecular weight is 355 g/mol. The molecule has 0 spiro atoms. The molecule has 0 radical (unpaired) electrons. The summed E-state index contributed by atoms with van der Waals surface area (Å²) in [5, 5.41) is 4.72. The first-order valence-corrected chi connectivity index (χ1v) is 8.85. The molecule has 0 amide bonds. The summed E-state index contributed by atoms with van der Waals surface area (Å²) >= 11 is 0. The molecule has 2 aromatic heterocycles. The van der Waals surface area contributed by atoms with Crippen LogP contribution < -0.4 is 11.0 Å². The van der Waals surface area contributed by atoms with E-state index >= 15 is 0 Å². The second-order valence-electron chi connectivity index (χ2n) is 6.76. The van der Waals surface area contributed by atoms with Crippen LogP contribution >= 0.6 is 0 Å². The minimum Gasteiger partial charge on any atom is -0.302 e. The van der Waals surface area contributed by atoms with E-state index in [0.717, 1.165) is 11.1 Å². The lowest BCUT2D eigenvalue weighted by Gasteiger charge is -2.18. The Kier molecular flexibility index (Phi) is 3.67. The van der Waals surface area contributed by atoms with E-state index in [0.29, 0.717) is 23.4 Å². The summed E-state index contributed by atoms with van der Waals surface area (Å²) in [6.45, 7) is 0.485. The van der Waals surface area contributed by atoms with Crippen molar-refractivity contribution < 1.29 is 0 Å². The van der Waals surface area contributed by atoms with E-state index in [1.807, 2.05) is 6.21 Å². The maximum Gasteiger partial charge on any atom is 0.261 e. The largest absolute Gasteiger partial charge is 0.302 e. The van der Waals surface area contributed by atoms with Gasteiger partial charge in [0.15, 0.2) is 0 Å². The summed E-state index contributed by atoms with van der Waals surface area (Å²) in [5.74, 6) is 0.343. The normalized spacial score (nSPS) is 20.4. The molecule has 2 unspecified atom stereocenters. The highest BCUT2D eigenvalue weighted by Crippen LogP contribution is 2.26. The Bertz CT molecular complexity index is 1160. The van der Waals surface area contributed by atoms with Crippen molar-refractivity contribution in [3.05, 3.63) is 88.8 Å². The van der Waals surface area contributed by atoms with Gasteiger partial charge in [-0.05, 0) is 22.8 Å². The molecule has 3 heterocycles. The topological polar surface area (TPSA) is 72.2 Å². The Balaban J connectivity index is 1.39. The highest BCUT2D eigenvalue weighted by molar-refractivity contribution is 5.80. The monoisotopic (exact) mass is 355 g/mol. The number of rotatable bonds is 3. The van der Waals surface area contributed by atoms with Gasteiger partial charge < -0.3 is 5.43 Å². The van der Waals surface area contributed by atoms with E-state index in [1.54, 1.807) is 29.4 Å². The maximum absolute atomic E-state index is 12.6. The highest BCUT2D eigenvalue weighted by Gasteiger charge is 2.23. The van der Waals surface area contributed by atoms with Crippen LogP contribution in [0.25, 0.3) is 16.5 Å². The molecule has 0 fully saturated rings. The number of pyridine rings is 1. The maximum atomic E-state index is 12.6. The number of aromatic nitrogens is 3. The van der Waals surface area contributed by atoms with Gasteiger partial charge >= 0.3 is 0 Å². The zero-order chi connectivity index (χ0) is 18.2. The number of fused-ring (bicyclic) bond motifs is 2. The van der Waals surface area contributed by atoms with E-state index in [4.69, 9.17) is 0 Å². The van der Waals surface area contributed by atoms with Crippen LogP contribution in [-0.2, 0) is 6.54 Å². The fraction of sp³-hybridized carbons (Fsp3) is 0.143. The predicted molar refractivity (Wildman–Crippen MR) is 105 cm³/mol. The molecular formula is C21H17N5O. The third-order valence-electron chi connectivity index (χ3n) is 5.01. The molecule has 0 bridgehead atoms. The molecule has 6 heteroatoms. The average Bonchev–Trinajstić information content (AvgIpc) is 3.19. The molecule has 1 N–H and O–H groups in total. The molecule has 5 rings (SSSR count). The molecule has 27 heavy (non-hydrogen) atoms. The van der Waals surface area contributed by atoms with E-state index in [1.165, 1.54) is 5.57 Å². The van der Waals surface area contributed by atoms with Crippen molar-refractivity contribution in [3.8, 4) is 0 Å². The number of allylic oxidation sites excluding steroid dienone is 2. The van der Waals surface area contributed by atoms with E-state index in [2.05, 4.69) is 63.0 Å². The number of nitrogens with zero attached hydrogens (tertiary/aromatic N) is 4. The van der Waals surface area contributed by atoms with Crippen LogP contribution in [0.2, 0.25) is 0 Å². The van der Waals surface area contributed by atoms with Gasteiger partial charge in [0.25, 0.3) is 5.56 Å². The smallest absolute Gasteiger partial charge is 0.261 e. The first-order valence-electron chi connectivity index (χ1n) is 8.85. The van der Waals surface area contributed by atoms with Crippen LogP contribution in [0.4, 0.5) is 0 Å². The van der Waals surface area contributed by atoms with Crippen LogP contribution in [0.15, 0.2) is 77.2 Å². The molecule has 132 valence electrons. The van der Waals surface area contributed by atoms with Crippen molar-refractivity contribution in [1.82, 2.24) is 20.0 Å². The predicted octanol–water partition coefficient (Wildman–Crippen LogP) is 2.37. The quantitative estimate of drug-likeness (QED) is 0.783. The van der Waals surface area contributed by atoms with E-state index < -0.39 is 0 Å². The second kappa shape index (κ2) is 6.32. The number of hydrogen-bond donors (Lipinski definition) is 1. The molecule has 2 aliphatic rings. The molecule has 6 nitrogen and oxygen atoms in total. The van der Waals surface area contributed by atoms with Gasteiger partial charge in [0, 0.05) is 18.3 Å². The van der Waals surface area contributed by atoms with Crippen molar-refractivity contribution in [2.45, 2.75) is 12.6 Å². The van der Waals surface area contributed by atoms with Gasteiger partial charge in [-0.2, -0.15) is 5.10 Å². The fourth-order valence-electron chi connectivity index (χ4n) is 3.49. The number of benzene rings is 1. The van der Waals surface area contributed by atoms with Crippen molar-refractivity contribution in [2.75, 3.05) is 0 Å². The first kappa shape index (κ1) is 15.7. The number of hydrazone groups is 1. The van der Waals surface area contributed by atoms with Crippen molar-refractivity contribution in [3.63, 3.8) is 0 Å². The Morgan fingerprint density at radius 2 is 2.04 bits per heavy atom. The van der Waals surface area contributed by atoms with E-state index in [9.17, 15) is 4.79 Å². The van der Waals surface area contributed by atoms with Gasteiger partial charge in [-0.3, -0.25) is 14.3 Å². The molecule has 0 saturated carbocycles. The summed E-state index contributed by atoms with van der Waals surface area (Å²) in [5.41, 5.74) is 7.06. The Hall–Kier alpha value is -3.54. The SMILES string of the molecule is O=c1c2ccncc2ncn1Cc1ccc(C2=CC3NN=CC3C=C2)cc1. The molecule has 1 aromatic carbocycles. The molecule has 1 aliphatic heterocycles. The van der Waals surface area contributed by atoms with Crippen LogP contribution in [0.5, 0.6) is 0 Å². The lowest BCUT2D eigenvalue weighted by molar-refractivity contribution is 0.624. The van der Waals surface area contributed by atoms with Crippen molar-refractivity contribution in [2.24, 2.45) is 11.0 Å². The standard InChI is InChI=1S/C21H17N5O/c27-21-18-7-8-22-11-20(18)23-13-26(21)12-14-1-3-15(4-2-14)16-5-6-17-10-24-25-19(17)9-16/h1-11,13,17,19,25H,12H2. The zero-order valence-corrected chi connectivity index (χ0v) is 14.5. The minimum absolute atomic E-state index is 0.0530. The highest BCUT2D eigenvalue weighted by atomic mass is 16.1. The van der Waals surface area contributed by atoms with Gasteiger partial charge in [-0.1, -0.05) is 42.5 Å². The van der Waals surface area contributed by atoms with Crippen LogP contribution in [0, 0.1) is 5.92 Å². The van der Waals surface area contributed by atoms with Crippen LogP contribution in [0.1, 0.15) is 11.1 Å². The molecular weight excluding hydrogens is 338 g/mol. The van der Waals surface area contributed by atoms with Gasteiger partial charge in [0.1, 0.15) is 0 Å². The summed E-state index contributed by atoms with van der Waals surface area (Å²) < 4.78 is 1.63. The lowest BCUT2D eigenvalue weighted by Crippen LogP contribution is -2.25. The van der Waals surface area contributed by atoms with Gasteiger partial charge in [-0.25, -0.2) is 4.98 Å². The van der Waals surface area contributed by atoms with Crippen molar-refractivity contribution in [1.29, 1.82) is 0 Å². The first-order chi connectivity index (χ1) is 13.3. The molecule has 3 aromatic rings. The Morgan fingerprint density at radius 3 is 2.93 bits per heavy atom. The summed E-state index contributed by atoms with van der Waals surface area (Å²) in [6.07, 6.45) is 13.3. The third kappa shape index (κ3) is 2.85. The summed E-state index contributed by atoms with van der Waals surface area (Å²) in [4.78, 5) is 20.9. The van der Waals surface area contributed by atoms with E-state index in [-0.39, 0.29) is 11.6 Å². The number of hydrogen-bond acceptors (Lipinski definition) is 5. The Morgan fingerprint density at radius 1 is 1.15 bits per heavy atom. The van der Waals surface area contributed by atoms with Crippen LogP contribution in [-0.4, -0.2) is 26.8 Å². The Labute approximate surface area is 155 Å². The summed E-state index contributed by atoms with van der Waals surface area (Å²) in [7, 11) is 0. The number of nitrogens with one attached hydrogen (secondary N) is 1. The van der Waals surface area contributed by atoms with Crippen molar-refractivity contribution >= 4 is 22.7 Å². The minimum atomic E-state index is -0.0530. The molecule has 2 atom stereocenters. The van der Waals surface area contributed by atoms with Gasteiger partial charge in [-0.15, -0.1) is 0 Å². The molecule has 0 saturated heterocycles.